The molecule has 5 nitrogen and oxygen atoms in total. The molecule has 5 heteroatoms. The number of carbonyl (C=O) groups is 2. The molecule has 2 aromatic rings. The minimum absolute atomic E-state index is 0.0899. The van der Waals surface area contributed by atoms with E-state index in [0.29, 0.717) is 17.8 Å². The third kappa shape index (κ3) is 3.30. The molecule has 0 radical (unpaired) electrons. The quantitative estimate of drug-likeness (QED) is 0.941. The average Bonchev–Trinajstić information content (AvgIpc) is 2.62. The van der Waals surface area contributed by atoms with Crippen molar-refractivity contribution < 1.29 is 14.7 Å². The van der Waals surface area contributed by atoms with Crippen LogP contribution in [0.25, 0.3) is 11.3 Å². The Hall–Kier alpha value is -2.69. The number of aromatic nitrogens is 1. The number of carboxylic acid groups (broad SMARTS) is 1. The number of carboxylic acids is 1. The summed E-state index contributed by atoms with van der Waals surface area (Å²) < 4.78 is 0. The first-order chi connectivity index (χ1) is 11.6. The van der Waals surface area contributed by atoms with E-state index in [-0.39, 0.29) is 17.4 Å². The van der Waals surface area contributed by atoms with Crippen LogP contribution >= 0.6 is 0 Å². The van der Waals surface area contributed by atoms with E-state index in [1.807, 2.05) is 29.2 Å². The monoisotopic (exact) mass is 324 g/mol. The van der Waals surface area contributed by atoms with Crippen molar-refractivity contribution in [3.05, 3.63) is 53.7 Å². The largest absolute Gasteiger partial charge is 0.478 e. The summed E-state index contributed by atoms with van der Waals surface area (Å²) in [5.41, 5.74) is 2.44. The average molecular weight is 324 g/mol. The maximum Gasteiger partial charge on any atom is 0.336 e. The van der Waals surface area contributed by atoms with Crippen molar-refractivity contribution in [1.82, 2.24) is 9.88 Å². The zero-order valence-electron chi connectivity index (χ0n) is 13.6. The second kappa shape index (κ2) is 6.83. The minimum Gasteiger partial charge on any atom is -0.478 e. The molecule has 1 aromatic heterocycles. The smallest absolute Gasteiger partial charge is 0.336 e. The first-order valence-electron chi connectivity index (χ1n) is 8.11. The van der Waals surface area contributed by atoms with E-state index < -0.39 is 5.97 Å². The van der Waals surface area contributed by atoms with Crippen LogP contribution in [0, 0.1) is 0 Å². The van der Waals surface area contributed by atoms with Crippen LogP contribution in [0.15, 0.2) is 42.5 Å². The lowest BCUT2D eigenvalue weighted by Gasteiger charge is -2.31. The SMILES string of the molecule is CC(=O)N1CCC[C@H](c2cccc(-c3ccccc3C(=O)O)n2)C1. The van der Waals surface area contributed by atoms with Gasteiger partial charge in [0.1, 0.15) is 0 Å². The van der Waals surface area contributed by atoms with Crippen molar-refractivity contribution in [2.45, 2.75) is 25.7 Å². The van der Waals surface area contributed by atoms with Crippen LogP contribution in [-0.4, -0.2) is 40.0 Å². The molecule has 0 saturated carbocycles. The Bertz CT molecular complexity index is 773. The predicted octanol–water partition coefficient (Wildman–Crippen LogP) is 3.17. The third-order valence-electron chi connectivity index (χ3n) is 4.49. The van der Waals surface area contributed by atoms with Crippen molar-refractivity contribution in [2.75, 3.05) is 13.1 Å². The van der Waals surface area contributed by atoms with Gasteiger partial charge in [-0.25, -0.2) is 4.79 Å². The molecule has 1 N–H and O–H groups in total. The van der Waals surface area contributed by atoms with Gasteiger partial charge in [0.2, 0.25) is 5.91 Å². The fourth-order valence-corrected chi connectivity index (χ4v) is 3.23. The molecule has 0 bridgehead atoms. The lowest BCUT2D eigenvalue weighted by molar-refractivity contribution is -0.130. The molecule has 1 fully saturated rings. The first kappa shape index (κ1) is 16.2. The first-order valence-corrected chi connectivity index (χ1v) is 8.11. The maximum atomic E-state index is 11.6. The fraction of sp³-hybridized carbons (Fsp3) is 0.316. The molecule has 0 aliphatic carbocycles. The van der Waals surface area contributed by atoms with E-state index in [0.717, 1.165) is 25.1 Å². The maximum absolute atomic E-state index is 11.6. The number of hydrogen-bond donors (Lipinski definition) is 1. The Morgan fingerprint density at radius 3 is 2.71 bits per heavy atom. The Morgan fingerprint density at radius 2 is 1.96 bits per heavy atom. The second-order valence-corrected chi connectivity index (χ2v) is 6.10. The van der Waals surface area contributed by atoms with Gasteiger partial charge in [-0.15, -0.1) is 0 Å². The Labute approximate surface area is 140 Å². The molecule has 1 saturated heterocycles. The number of benzene rings is 1. The van der Waals surface area contributed by atoms with Gasteiger partial charge in [-0.3, -0.25) is 9.78 Å². The molecule has 124 valence electrons. The molecule has 1 atom stereocenters. The van der Waals surface area contributed by atoms with Gasteiger partial charge >= 0.3 is 5.97 Å². The molecule has 1 aliphatic heterocycles. The molecule has 24 heavy (non-hydrogen) atoms. The number of piperidine rings is 1. The highest BCUT2D eigenvalue weighted by atomic mass is 16.4. The molecule has 1 amide bonds. The molecule has 1 aromatic carbocycles. The molecular formula is C19H20N2O3. The van der Waals surface area contributed by atoms with E-state index in [2.05, 4.69) is 0 Å². The van der Waals surface area contributed by atoms with Crippen molar-refractivity contribution in [3.63, 3.8) is 0 Å². The molecule has 3 rings (SSSR count). The van der Waals surface area contributed by atoms with Gasteiger partial charge in [-0.1, -0.05) is 24.3 Å². The fourth-order valence-electron chi connectivity index (χ4n) is 3.23. The standard InChI is InChI=1S/C19H20N2O3/c1-13(22)21-11-5-6-14(12-21)17-9-4-10-18(20-17)15-7-2-3-8-16(15)19(23)24/h2-4,7-10,14H,5-6,11-12H2,1H3,(H,23,24)/t14-/m0/s1. The lowest BCUT2D eigenvalue weighted by Crippen LogP contribution is -2.37. The van der Waals surface area contributed by atoms with E-state index >= 15 is 0 Å². The summed E-state index contributed by atoms with van der Waals surface area (Å²) in [4.78, 5) is 29.6. The topological polar surface area (TPSA) is 70.5 Å². The van der Waals surface area contributed by atoms with Crippen molar-refractivity contribution in [3.8, 4) is 11.3 Å². The molecule has 0 spiro atoms. The van der Waals surface area contributed by atoms with Crippen molar-refractivity contribution >= 4 is 11.9 Å². The van der Waals surface area contributed by atoms with Crippen LogP contribution < -0.4 is 0 Å². The van der Waals surface area contributed by atoms with Crippen LogP contribution in [0.1, 0.15) is 41.7 Å². The summed E-state index contributed by atoms with van der Waals surface area (Å²) in [5, 5.41) is 9.37. The van der Waals surface area contributed by atoms with Crippen LogP contribution in [0.2, 0.25) is 0 Å². The van der Waals surface area contributed by atoms with Gasteiger partial charge in [-0.05, 0) is 31.0 Å². The van der Waals surface area contributed by atoms with Gasteiger partial charge < -0.3 is 10.0 Å². The van der Waals surface area contributed by atoms with Crippen LogP contribution in [-0.2, 0) is 4.79 Å². The van der Waals surface area contributed by atoms with E-state index in [1.54, 1.807) is 25.1 Å². The summed E-state index contributed by atoms with van der Waals surface area (Å²) in [5.74, 6) is -0.676. The van der Waals surface area contributed by atoms with Gasteiger partial charge in [0.05, 0.1) is 11.3 Å². The second-order valence-electron chi connectivity index (χ2n) is 6.10. The van der Waals surface area contributed by atoms with Crippen molar-refractivity contribution in [2.24, 2.45) is 0 Å². The summed E-state index contributed by atoms with van der Waals surface area (Å²) in [6.07, 6.45) is 1.95. The number of aromatic carboxylic acids is 1. The van der Waals surface area contributed by atoms with E-state index in [4.69, 9.17) is 4.98 Å². The highest BCUT2D eigenvalue weighted by Crippen LogP contribution is 2.28. The van der Waals surface area contributed by atoms with E-state index in [9.17, 15) is 14.7 Å². The van der Waals surface area contributed by atoms with Crippen LogP contribution in [0.5, 0.6) is 0 Å². The normalized spacial score (nSPS) is 17.5. The van der Waals surface area contributed by atoms with Crippen LogP contribution in [0.3, 0.4) is 0 Å². The summed E-state index contributed by atoms with van der Waals surface area (Å²) >= 11 is 0. The summed E-state index contributed by atoms with van der Waals surface area (Å²) in [7, 11) is 0. The summed E-state index contributed by atoms with van der Waals surface area (Å²) in [6.45, 7) is 3.06. The number of rotatable bonds is 3. The minimum atomic E-state index is -0.960. The Kier molecular flexibility index (Phi) is 4.60. The highest BCUT2D eigenvalue weighted by molar-refractivity contribution is 5.95. The summed E-state index contributed by atoms with van der Waals surface area (Å²) in [6, 6.07) is 12.6. The van der Waals surface area contributed by atoms with Gasteiger partial charge in [0.25, 0.3) is 0 Å². The lowest BCUT2D eigenvalue weighted by atomic mass is 9.93. The van der Waals surface area contributed by atoms with Crippen molar-refractivity contribution in [1.29, 1.82) is 0 Å². The number of carbonyl (C=O) groups excluding carboxylic acids is 1. The zero-order valence-corrected chi connectivity index (χ0v) is 13.6. The molecule has 1 aliphatic rings. The van der Waals surface area contributed by atoms with Gasteiger partial charge in [0, 0.05) is 37.2 Å². The Balaban J connectivity index is 1.93. The van der Waals surface area contributed by atoms with Gasteiger partial charge in [-0.2, -0.15) is 0 Å². The third-order valence-corrected chi connectivity index (χ3v) is 4.49. The number of likely N-dealkylation sites (tertiary alicyclic amines) is 1. The molecular weight excluding hydrogens is 304 g/mol. The Morgan fingerprint density at radius 1 is 1.17 bits per heavy atom. The predicted molar refractivity (Wildman–Crippen MR) is 90.9 cm³/mol. The molecule has 0 unspecified atom stereocenters. The van der Waals surface area contributed by atoms with Gasteiger partial charge in [0.15, 0.2) is 0 Å². The highest BCUT2D eigenvalue weighted by Gasteiger charge is 2.24. The number of nitrogens with zero attached hydrogens (tertiary/aromatic N) is 2. The van der Waals surface area contributed by atoms with Crippen LogP contribution in [0.4, 0.5) is 0 Å². The van der Waals surface area contributed by atoms with E-state index in [1.165, 1.54) is 0 Å². The number of pyridine rings is 1. The zero-order chi connectivity index (χ0) is 17.1. The molecule has 2 heterocycles. The number of hydrogen-bond acceptors (Lipinski definition) is 3. The number of amides is 1.